The van der Waals surface area contributed by atoms with Crippen molar-refractivity contribution in [2.75, 3.05) is 7.11 Å². The molecule has 0 heterocycles. The van der Waals surface area contributed by atoms with Crippen LogP contribution >= 0.6 is 0 Å². The molecule has 3 heteroatoms. The minimum Gasteiger partial charge on any atom is -0.479 e. The van der Waals surface area contributed by atoms with Gasteiger partial charge in [-0.25, -0.2) is 4.79 Å². The molecular weight excluding hydrogens is 108 g/mol. The Morgan fingerprint density at radius 2 is 2.38 bits per heavy atom. The molecule has 0 amide bonds. The lowest BCUT2D eigenvalue weighted by molar-refractivity contribution is -0.148. The molecule has 0 aromatic heterocycles. The van der Waals surface area contributed by atoms with Gasteiger partial charge in [-0.1, -0.05) is 6.92 Å². The highest BCUT2D eigenvalue weighted by atomic mass is 16.5. The molecule has 3 nitrogen and oxygen atoms in total. The van der Waals surface area contributed by atoms with Gasteiger partial charge in [-0.05, 0) is 6.42 Å². The van der Waals surface area contributed by atoms with Crippen molar-refractivity contribution in [3.05, 3.63) is 0 Å². The first-order chi connectivity index (χ1) is 3.72. The molecule has 8 heavy (non-hydrogen) atoms. The minimum atomic E-state index is -0.894. The zero-order valence-electron chi connectivity index (χ0n) is 5.05. The van der Waals surface area contributed by atoms with Gasteiger partial charge in [-0.2, -0.15) is 0 Å². The second kappa shape index (κ2) is 3.43. The number of hydrogen-bond acceptors (Lipinski definition) is 2. The number of carboxylic acid groups (broad SMARTS) is 1. The summed E-state index contributed by atoms with van der Waals surface area (Å²) in [6, 6.07) is 0. The van der Waals surface area contributed by atoms with Crippen LogP contribution in [0.1, 0.15) is 13.3 Å². The molecule has 0 radical (unpaired) electrons. The maximum absolute atomic E-state index is 10.0. The van der Waals surface area contributed by atoms with Crippen molar-refractivity contribution in [2.24, 2.45) is 0 Å². The summed E-state index contributed by atoms with van der Waals surface area (Å²) in [7, 11) is 1.39. The Morgan fingerprint density at radius 1 is 1.88 bits per heavy atom. The molecule has 0 saturated carbocycles. The van der Waals surface area contributed by atoms with Crippen LogP contribution in [0.3, 0.4) is 0 Å². The van der Waals surface area contributed by atoms with E-state index < -0.39 is 12.1 Å². The average molecular weight is 118 g/mol. The molecule has 0 aromatic carbocycles. The van der Waals surface area contributed by atoms with Crippen LogP contribution in [0, 0.1) is 0 Å². The second-order valence-electron chi connectivity index (χ2n) is 1.47. The third kappa shape index (κ3) is 1.93. The first-order valence-electron chi connectivity index (χ1n) is 2.48. The van der Waals surface area contributed by atoms with Gasteiger partial charge in [0.1, 0.15) is 0 Å². The summed E-state index contributed by atoms with van der Waals surface area (Å²) in [6.45, 7) is 1.77. The van der Waals surface area contributed by atoms with Crippen LogP contribution < -0.4 is 0 Å². The van der Waals surface area contributed by atoms with Crippen molar-refractivity contribution in [2.45, 2.75) is 19.4 Å². The molecule has 0 aliphatic rings. The molecule has 48 valence electrons. The molecule has 0 aliphatic carbocycles. The van der Waals surface area contributed by atoms with E-state index in [1.807, 2.05) is 0 Å². The van der Waals surface area contributed by atoms with E-state index in [1.54, 1.807) is 6.92 Å². The molecule has 0 fully saturated rings. The SMILES string of the molecule is CC[C@H](OC)C(=O)O. The first-order valence-corrected chi connectivity index (χ1v) is 2.48. The third-order valence-electron chi connectivity index (χ3n) is 0.931. The molecule has 1 atom stereocenters. The summed E-state index contributed by atoms with van der Waals surface area (Å²) in [5, 5.41) is 8.25. The fraction of sp³-hybridized carbons (Fsp3) is 0.800. The molecule has 1 N–H and O–H groups in total. The first kappa shape index (κ1) is 7.43. The van der Waals surface area contributed by atoms with E-state index in [9.17, 15) is 4.79 Å². The van der Waals surface area contributed by atoms with Crippen molar-refractivity contribution in [1.29, 1.82) is 0 Å². The summed E-state index contributed by atoms with van der Waals surface area (Å²) in [4.78, 5) is 10.0. The number of carboxylic acids is 1. The fourth-order valence-corrected chi connectivity index (χ4v) is 0.442. The van der Waals surface area contributed by atoms with Gasteiger partial charge in [0.15, 0.2) is 6.10 Å². The topological polar surface area (TPSA) is 46.5 Å². The molecule has 0 bridgehead atoms. The molecule has 0 spiro atoms. The van der Waals surface area contributed by atoms with Crippen molar-refractivity contribution in [1.82, 2.24) is 0 Å². The standard InChI is InChI=1S/C5H10O3/c1-3-4(8-2)5(6)7/h4H,3H2,1-2H3,(H,6,7)/t4-/m0/s1. The number of carbonyl (C=O) groups is 1. The number of ether oxygens (including phenoxy) is 1. The normalized spacial score (nSPS) is 13.2. The van der Waals surface area contributed by atoms with E-state index in [2.05, 4.69) is 4.74 Å². The Kier molecular flexibility index (Phi) is 3.19. The van der Waals surface area contributed by atoms with E-state index in [4.69, 9.17) is 5.11 Å². The number of aliphatic carboxylic acids is 1. The summed E-state index contributed by atoms with van der Waals surface area (Å²) in [5.41, 5.74) is 0. The van der Waals surface area contributed by atoms with E-state index in [-0.39, 0.29) is 0 Å². The Hall–Kier alpha value is -0.570. The highest BCUT2D eigenvalue weighted by molar-refractivity contribution is 5.72. The van der Waals surface area contributed by atoms with Crippen molar-refractivity contribution in [3.63, 3.8) is 0 Å². The van der Waals surface area contributed by atoms with Gasteiger partial charge < -0.3 is 9.84 Å². The smallest absolute Gasteiger partial charge is 0.332 e. The molecule has 0 aliphatic heterocycles. The van der Waals surface area contributed by atoms with Crippen LogP contribution in [-0.4, -0.2) is 24.3 Å². The highest BCUT2D eigenvalue weighted by Crippen LogP contribution is 1.93. The van der Waals surface area contributed by atoms with E-state index >= 15 is 0 Å². The van der Waals surface area contributed by atoms with Gasteiger partial charge in [0.05, 0.1) is 0 Å². The minimum absolute atomic E-state index is 0.520. The third-order valence-corrected chi connectivity index (χ3v) is 0.931. The van der Waals surface area contributed by atoms with Crippen LogP contribution in [0.25, 0.3) is 0 Å². The quantitative estimate of drug-likeness (QED) is 0.586. The van der Waals surface area contributed by atoms with Crippen LogP contribution in [0.15, 0.2) is 0 Å². The molecule has 0 unspecified atom stereocenters. The van der Waals surface area contributed by atoms with Crippen LogP contribution in [0.5, 0.6) is 0 Å². The van der Waals surface area contributed by atoms with Gasteiger partial charge in [0.25, 0.3) is 0 Å². The Labute approximate surface area is 48.3 Å². The number of rotatable bonds is 3. The molecule has 0 saturated heterocycles. The van der Waals surface area contributed by atoms with E-state index in [1.165, 1.54) is 7.11 Å². The lowest BCUT2D eigenvalue weighted by Crippen LogP contribution is -2.20. The molecular formula is C5H10O3. The average Bonchev–Trinajstić information content (AvgIpc) is 1.69. The lowest BCUT2D eigenvalue weighted by Gasteiger charge is -2.04. The summed E-state index contributed by atoms with van der Waals surface area (Å²) < 4.78 is 4.56. The zero-order chi connectivity index (χ0) is 6.57. The molecule has 0 aromatic rings. The lowest BCUT2D eigenvalue weighted by atomic mass is 10.3. The largest absolute Gasteiger partial charge is 0.479 e. The van der Waals surface area contributed by atoms with Crippen LogP contribution in [0.4, 0.5) is 0 Å². The van der Waals surface area contributed by atoms with Crippen molar-refractivity contribution < 1.29 is 14.6 Å². The monoisotopic (exact) mass is 118 g/mol. The molecule has 0 rings (SSSR count). The van der Waals surface area contributed by atoms with Crippen LogP contribution in [0.2, 0.25) is 0 Å². The zero-order valence-corrected chi connectivity index (χ0v) is 5.05. The Balaban J connectivity index is 3.52. The van der Waals surface area contributed by atoms with Gasteiger partial charge in [0, 0.05) is 7.11 Å². The van der Waals surface area contributed by atoms with Gasteiger partial charge in [-0.15, -0.1) is 0 Å². The van der Waals surface area contributed by atoms with Gasteiger partial charge in [-0.3, -0.25) is 0 Å². The van der Waals surface area contributed by atoms with Crippen molar-refractivity contribution >= 4 is 5.97 Å². The number of methoxy groups -OCH3 is 1. The predicted molar refractivity (Wildman–Crippen MR) is 28.7 cm³/mol. The fourth-order valence-electron chi connectivity index (χ4n) is 0.442. The summed E-state index contributed by atoms with van der Waals surface area (Å²) >= 11 is 0. The highest BCUT2D eigenvalue weighted by Gasteiger charge is 2.11. The van der Waals surface area contributed by atoms with Gasteiger partial charge in [0.2, 0.25) is 0 Å². The Bertz CT molecular complexity index is 75.7. The van der Waals surface area contributed by atoms with Gasteiger partial charge >= 0.3 is 5.97 Å². The number of hydrogen-bond donors (Lipinski definition) is 1. The Morgan fingerprint density at radius 3 is 2.38 bits per heavy atom. The predicted octanol–water partition coefficient (Wildman–Crippen LogP) is 0.496. The summed E-state index contributed by atoms with van der Waals surface area (Å²) in [5.74, 6) is -0.894. The second-order valence-corrected chi connectivity index (χ2v) is 1.47. The van der Waals surface area contributed by atoms with Crippen LogP contribution in [-0.2, 0) is 9.53 Å². The maximum atomic E-state index is 10.0. The van der Waals surface area contributed by atoms with Crippen molar-refractivity contribution in [3.8, 4) is 0 Å². The maximum Gasteiger partial charge on any atom is 0.332 e. The summed E-state index contributed by atoms with van der Waals surface area (Å²) in [6.07, 6.45) is -0.110. The van der Waals surface area contributed by atoms with E-state index in [0.29, 0.717) is 6.42 Å². The van der Waals surface area contributed by atoms with E-state index in [0.717, 1.165) is 0 Å².